The first-order valence-corrected chi connectivity index (χ1v) is 12.2. The number of pyridine rings is 2. The van der Waals surface area contributed by atoms with E-state index in [1.54, 1.807) is 14.2 Å². The predicted octanol–water partition coefficient (Wildman–Crippen LogP) is -0.574. The van der Waals surface area contributed by atoms with Crippen LogP contribution in [0.2, 0.25) is 0 Å². The number of aryl methyl sites for hydroxylation is 2. The van der Waals surface area contributed by atoms with Crippen molar-refractivity contribution in [2.24, 2.45) is 0 Å². The average molecular weight is 626 g/mol. The maximum atomic E-state index is 5.39. The van der Waals surface area contributed by atoms with Gasteiger partial charge >= 0.3 is 0 Å². The van der Waals surface area contributed by atoms with Gasteiger partial charge in [0.1, 0.15) is 35.6 Å². The fourth-order valence-corrected chi connectivity index (χ4v) is 5.04. The van der Waals surface area contributed by atoms with Crippen LogP contribution in [0.3, 0.4) is 0 Å². The second kappa shape index (κ2) is 11.5. The third-order valence-corrected chi connectivity index (χ3v) is 6.94. The van der Waals surface area contributed by atoms with Crippen LogP contribution in [0.15, 0.2) is 73.3 Å². The summed E-state index contributed by atoms with van der Waals surface area (Å²) in [6.07, 6.45) is 12.3. The van der Waals surface area contributed by atoms with Crippen LogP contribution in [-0.2, 0) is 13.1 Å². The molecule has 0 atom stereocenters. The fourth-order valence-electron chi connectivity index (χ4n) is 5.04. The summed E-state index contributed by atoms with van der Waals surface area (Å²) in [4.78, 5) is 7.07. The van der Waals surface area contributed by atoms with Gasteiger partial charge < -0.3 is 53.4 Å². The van der Waals surface area contributed by atoms with E-state index in [9.17, 15) is 0 Å². The highest BCUT2D eigenvalue weighted by atomic mass is 79.9. The standard InChI is InChI=1S/C29H28N4O2.2BrH/c1-34-20-6-8-26-24(16-20)22-10-14-32(18-28(22)30-26)12-4-3-5-13-33-15-11-23-25-17-21(35-2)7-9-27(25)31-29(23)19-33;;/h6-11,14-19H,3-5,12-13H2,1-2H3;2*1H. The van der Waals surface area contributed by atoms with E-state index in [0.717, 1.165) is 59.5 Å². The van der Waals surface area contributed by atoms with E-state index in [2.05, 4.69) is 80.3 Å². The number of halogens is 2. The molecule has 6 nitrogen and oxygen atoms in total. The molecule has 0 aliphatic carbocycles. The van der Waals surface area contributed by atoms with Crippen LogP contribution in [0.1, 0.15) is 19.3 Å². The van der Waals surface area contributed by atoms with Gasteiger partial charge in [0.25, 0.3) is 0 Å². The molecular weight excluding hydrogens is 596 g/mol. The van der Waals surface area contributed by atoms with Crippen LogP contribution in [0.25, 0.3) is 43.6 Å². The van der Waals surface area contributed by atoms with Crippen molar-refractivity contribution in [1.82, 2.24) is 9.97 Å². The number of benzene rings is 2. The molecule has 6 aromatic rings. The molecule has 4 aromatic heterocycles. The van der Waals surface area contributed by atoms with Gasteiger partial charge in [-0.1, -0.05) is 0 Å². The monoisotopic (exact) mass is 624 g/mol. The third kappa shape index (κ3) is 5.31. The van der Waals surface area contributed by atoms with E-state index >= 15 is 0 Å². The van der Waals surface area contributed by atoms with Gasteiger partial charge in [-0.3, -0.25) is 0 Å². The summed E-state index contributed by atoms with van der Waals surface area (Å²) < 4.78 is 15.3. The Bertz CT molecular complexity index is 1550. The van der Waals surface area contributed by atoms with Crippen molar-refractivity contribution in [3.8, 4) is 11.5 Å². The van der Waals surface area contributed by atoms with Crippen molar-refractivity contribution in [3.05, 3.63) is 73.3 Å². The maximum absolute atomic E-state index is 5.39. The topological polar surface area (TPSA) is 57.8 Å². The molecule has 4 heterocycles. The third-order valence-electron chi connectivity index (χ3n) is 6.94. The molecule has 0 aliphatic rings. The lowest BCUT2D eigenvalue weighted by Gasteiger charge is -2.00. The largest absolute Gasteiger partial charge is 1.00 e. The van der Waals surface area contributed by atoms with E-state index in [1.165, 1.54) is 28.0 Å². The predicted molar refractivity (Wildman–Crippen MR) is 139 cm³/mol. The highest BCUT2D eigenvalue weighted by molar-refractivity contribution is 6.07. The summed E-state index contributed by atoms with van der Waals surface area (Å²) in [7, 11) is 3.42. The Labute approximate surface area is 236 Å². The zero-order valence-corrected chi connectivity index (χ0v) is 24.1. The Kier molecular flexibility index (Phi) is 8.39. The summed E-state index contributed by atoms with van der Waals surface area (Å²) in [6, 6.07) is 16.8. The summed E-state index contributed by atoms with van der Waals surface area (Å²) >= 11 is 0. The molecule has 6 rings (SSSR count). The fraction of sp³-hybridized carbons (Fsp3) is 0.241. The molecule has 2 N–H and O–H groups in total. The maximum Gasteiger partial charge on any atom is 0.193 e. The van der Waals surface area contributed by atoms with Crippen molar-refractivity contribution in [3.63, 3.8) is 0 Å². The molecule has 0 aliphatic heterocycles. The number of H-pyrrole nitrogens is 2. The number of aromatic amines is 2. The van der Waals surface area contributed by atoms with E-state index in [4.69, 9.17) is 9.47 Å². The van der Waals surface area contributed by atoms with Crippen molar-refractivity contribution in [2.75, 3.05) is 14.2 Å². The number of hydrogen-bond donors (Lipinski definition) is 2. The van der Waals surface area contributed by atoms with E-state index in [1.807, 2.05) is 12.1 Å². The number of hydrogen-bond acceptors (Lipinski definition) is 2. The number of nitrogens with zero attached hydrogens (tertiary/aromatic N) is 2. The Hall–Kier alpha value is -3.10. The molecule has 0 amide bonds. The lowest BCUT2D eigenvalue weighted by atomic mass is 10.1. The normalized spacial score (nSPS) is 11.1. The van der Waals surface area contributed by atoms with E-state index < -0.39 is 0 Å². The molecule has 0 unspecified atom stereocenters. The van der Waals surface area contributed by atoms with Crippen LogP contribution in [0.4, 0.5) is 0 Å². The summed E-state index contributed by atoms with van der Waals surface area (Å²) in [5.74, 6) is 1.77. The van der Waals surface area contributed by atoms with Gasteiger partial charge in [0.05, 0.1) is 14.2 Å². The van der Waals surface area contributed by atoms with Crippen molar-refractivity contribution in [2.45, 2.75) is 32.4 Å². The van der Waals surface area contributed by atoms with Crippen molar-refractivity contribution >= 4 is 43.6 Å². The van der Waals surface area contributed by atoms with Crippen molar-refractivity contribution in [1.29, 1.82) is 0 Å². The van der Waals surface area contributed by atoms with Crippen LogP contribution in [0.5, 0.6) is 11.5 Å². The minimum absolute atomic E-state index is 0. The minimum Gasteiger partial charge on any atom is -1.00 e. The molecule has 0 saturated carbocycles. The molecule has 0 fully saturated rings. The number of ether oxygens (including phenoxy) is 2. The number of fused-ring (bicyclic) bond motifs is 6. The first-order valence-electron chi connectivity index (χ1n) is 12.2. The minimum atomic E-state index is 0. The number of rotatable bonds is 8. The Morgan fingerprint density at radius 2 is 1.03 bits per heavy atom. The Balaban J connectivity index is 0.00000160. The zero-order chi connectivity index (χ0) is 23.8. The number of methoxy groups -OCH3 is 2. The Morgan fingerprint density at radius 1 is 0.568 bits per heavy atom. The molecule has 37 heavy (non-hydrogen) atoms. The first-order chi connectivity index (χ1) is 17.2. The van der Waals surface area contributed by atoms with E-state index in [0.29, 0.717) is 0 Å². The van der Waals surface area contributed by atoms with E-state index in [-0.39, 0.29) is 34.0 Å². The first kappa shape index (κ1) is 26.9. The van der Waals surface area contributed by atoms with Crippen LogP contribution >= 0.6 is 0 Å². The molecule has 0 radical (unpaired) electrons. The zero-order valence-electron chi connectivity index (χ0n) is 20.9. The van der Waals surface area contributed by atoms with Gasteiger partial charge in [-0.15, -0.1) is 0 Å². The van der Waals surface area contributed by atoms with Crippen molar-refractivity contribution < 1.29 is 52.6 Å². The lowest BCUT2D eigenvalue weighted by molar-refractivity contribution is -0.699. The van der Waals surface area contributed by atoms with Gasteiger partial charge in [0, 0.05) is 57.6 Å². The second-order valence-corrected chi connectivity index (χ2v) is 9.15. The highest BCUT2D eigenvalue weighted by Crippen LogP contribution is 2.28. The van der Waals surface area contributed by atoms with Gasteiger partial charge in [-0.25, -0.2) is 9.13 Å². The molecule has 0 spiro atoms. The van der Waals surface area contributed by atoms with Gasteiger partial charge in [-0.05, 0) is 42.8 Å². The smallest absolute Gasteiger partial charge is 0.193 e. The SMILES string of the molecule is COc1ccc2[nH]c3c[n+](CCCCC[n+]4ccc5c(c4)[nH]c4ccc(OC)cc45)ccc3c2c1.[Br-].[Br-]. The number of aromatic nitrogens is 4. The molecule has 2 aromatic carbocycles. The Morgan fingerprint density at radius 3 is 1.46 bits per heavy atom. The summed E-state index contributed by atoms with van der Waals surface area (Å²) in [5, 5.41) is 4.87. The summed E-state index contributed by atoms with van der Waals surface area (Å²) in [6.45, 7) is 2.03. The number of unbranched alkanes of at least 4 members (excludes halogenated alkanes) is 2. The van der Waals surface area contributed by atoms with Gasteiger partial charge in [0.15, 0.2) is 24.8 Å². The number of nitrogens with one attached hydrogen (secondary N) is 2. The highest BCUT2D eigenvalue weighted by Gasteiger charge is 2.12. The lowest BCUT2D eigenvalue weighted by Crippen LogP contribution is -3.00. The quantitative estimate of drug-likeness (QED) is 0.176. The van der Waals surface area contributed by atoms with Gasteiger partial charge in [0.2, 0.25) is 0 Å². The summed E-state index contributed by atoms with van der Waals surface area (Å²) in [5.41, 5.74) is 4.61. The van der Waals surface area contributed by atoms with Gasteiger partial charge in [-0.2, -0.15) is 0 Å². The molecular formula is C29H30Br2N4O2. The molecule has 0 saturated heterocycles. The molecule has 8 heteroatoms. The van der Waals surface area contributed by atoms with Crippen LogP contribution in [-0.4, -0.2) is 24.2 Å². The molecule has 192 valence electrons. The average Bonchev–Trinajstić information content (AvgIpc) is 3.44. The second-order valence-electron chi connectivity index (χ2n) is 9.15. The van der Waals surface area contributed by atoms with Crippen LogP contribution in [0, 0.1) is 0 Å². The molecule has 0 bridgehead atoms. The van der Waals surface area contributed by atoms with Crippen LogP contribution < -0.4 is 52.6 Å².